The highest BCUT2D eigenvalue weighted by Gasteiger charge is 2.08. The molecule has 0 saturated heterocycles. The molecule has 18 heavy (non-hydrogen) atoms. The van der Waals surface area contributed by atoms with E-state index in [1.54, 1.807) is 18.2 Å². The number of nitriles is 1. The normalized spacial score (nSPS) is 10.1. The van der Waals surface area contributed by atoms with Gasteiger partial charge in [0.25, 0.3) is 0 Å². The van der Waals surface area contributed by atoms with Crippen LogP contribution in [-0.2, 0) is 13.0 Å². The maximum atomic E-state index is 8.99. The lowest BCUT2D eigenvalue weighted by Gasteiger charge is -2.06. The Bertz CT molecular complexity index is 588. The fourth-order valence-corrected chi connectivity index (χ4v) is 1.64. The second-order valence-corrected chi connectivity index (χ2v) is 3.97. The van der Waals surface area contributed by atoms with E-state index in [-0.39, 0.29) is 6.61 Å². The molecule has 0 aliphatic heterocycles. The van der Waals surface area contributed by atoms with Gasteiger partial charge in [0.2, 0.25) is 0 Å². The van der Waals surface area contributed by atoms with E-state index in [0.717, 1.165) is 12.2 Å². The lowest BCUT2D eigenvalue weighted by molar-refractivity contribution is 0.295. The number of ether oxygens (including phenoxy) is 1. The van der Waals surface area contributed by atoms with E-state index in [1.807, 2.05) is 13.0 Å². The number of H-pyrrole nitrogens is 1. The molecule has 0 amide bonds. The van der Waals surface area contributed by atoms with Crippen molar-refractivity contribution in [2.24, 2.45) is 0 Å². The van der Waals surface area contributed by atoms with Crippen molar-refractivity contribution >= 4 is 11.6 Å². The van der Waals surface area contributed by atoms with Crippen LogP contribution in [0.25, 0.3) is 0 Å². The summed E-state index contributed by atoms with van der Waals surface area (Å²) >= 11 is 5.90. The van der Waals surface area contributed by atoms with Gasteiger partial charge in [-0.1, -0.05) is 24.6 Å². The van der Waals surface area contributed by atoms with Crippen molar-refractivity contribution in [3.63, 3.8) is 0 Å². The van der Waals surface area contributed by atoms with Crippen LogP contribution in [0.1, 0.15) is 24.1 Å². The van der Waals surface area contributed by atoms with Gasteiger partial charge in [0.1, 0.15) is 24.0 Å². The Morgan fingerprint density at radius 3 is 3.00 bits per heavy atom. The molecule has 0 bridgehead atoms. The van der Waals surface area contributed by atoms with Crippen molar-refractivity contribution in [3.05, 3.63) is 40.4 Å². The van der Waals surface area contributed by atoms with Crippen LogP contribution in [0.4, 0.5) is 0 Å². The van der Waals surface area contributed by atoms with Gasteiger partial charge in [0, 0.05) is 6.42 Å². The van der Waals surface area contributed by atoms with Crippen LogP contribution in [0.2, 0.25) is 5.02 Å². The summed E-state index contributed by atoms with van der Waals surface area (Å²) in [4.78, 5) is 4.21. The van der Waals surface area contributed by atoms with Crippen LogP contribution < -0.4 is 4.74 Å². The third-order valence-corrected chi connectivity index (χ3v) is 2.66. The van der Waals surface area contributed by atoms with E-state index in [0.29, 0.717) is 22.2 Å². The molecule has 1 N–H and O–H groups in total. The minimum atomic E-state index is 0.224. The number of aromatic amines is 1. The van der Waals surface area contributed by atoms with Gasteiger partial charge < -0.3 is 4.74 Å². The Hall–Kier alpha value is -2.06. The average molecular weight is 263 g/mol. The Morgan fingerprint density at radius 2 is 2.33 bits per heavy atom. The number of benzene rings is 1. The summed E-state index contributed by atoms with van der Waals surface area (Å²) in [6, 6.07) is 7.09. The highest BCUT2D eigenvalue weighted by Crippen LogP contribution is 2.25. The van der Waals surface area contributed by atoms with E-state index in [4.69, 9.17) is 21.6 Å². The monoisotopic (exact) mass is 262 g/mol. The number of halogens is 1. The third-order valence-electron chi connectivity index (χ3n) is 2.35. The third kappa shape index (κ3) is 2.60. The number of aromatic nitrogens is 3. The number of hydrogen-bond donors (Lipinski definition) is 1. The summed E-state index contributed by atoms with van der Waals surface area (Å²) in [5, 5.41) is 16.1. The van der Waals surface area contributed by atoms with Crippen molar-refractivity contribution in [3.8, 4) is 11.8 Å². The van der Waals surface area contributed by atoms with Crippen molar-refractivity contribution in [1.82, 2.24) is 15.2 Å². The van der Waals surface area contributed by atoms with Gasteiger partial charge in [-0.15, -0.1) is 0 Å². The topological polar surface area (TPSA) is 74.6 Å². The second kappa shape index (κ2) is 5.52. The Balaban J connectivity index is 2.11. The molecular weight excluding hydrogens is 252 g/mol. The molecule has 0 spiro atoms. The first-order valence-electron chi connectivity index (χ1n) is 5.46. The summed E-state index contributed by atoms with van der Waals surface area (Å²) < 4.78 is 5.51. The average Bonchev–Trinajstić information content (AvgIpc) is 2.84. The first kappa shape index (κ1) is 12.4. The predicted octanol–water partition coefficient (Wildman–Crippen LogP) is 2.47. The first-order valence-corrected chi connectivity index (χ1v) is 5.84. The number of nitrogens with one attached hydrogen (secondary N) is 1. The predicted molar refractivity (Wildman–Crippen MR) is 66.3 cm³/mol. The summed E-state index contributed by atoms with van der Waals surface area (Å²) in [7, 11) is 0. The smallest absolute Gasteiger partial charge is 0.162 e. The fourth-order valence-electron chi connectivity index (χ4n) is 1.44. The standard InChI is InChI=1S/C12H11ClN4O/c1-2-11-15-12(17-16-11)7-18-10-5-3-4-9(13)8(10)6-14/h3-5H,2,7H2,1H3,(H,15,16,17). The van der Waals surface area contributed by atoms with E-state index >= 15 is 0 Å². The quantitative estimate of drug-likeness (QED) is 0.918. The minimum absolute atomic E-state index is 0.224. The van der Waals surface area contributed by atoms with Gasteiger partial charge in [-0.3, -0.25) is 5.10 Å². The molecule has 6 heteroatoms. The van der Waals surface area contributed by atoms with Crippen LogP contribution in [0.3, 0.4) is 0 Å². The van der Waals surface area contributed by atoms with Crippen LogP contribution in [0.5, 0.6) is 5.75 Å². The molecule has 2 aromatic rings. The minimum Gasteiger partial charge on any atom is -0.484 e. The van der Waals surface area contributed by atoms with Gasteiger partial charge >= 0.3 is 0 Å². The second-order valence-electron chi connectivity index (χ2n) is 3.57. The van der Waals surface area contributed by atoms with E-state index in [9.17, 15) is 0 Å². The Labute approximate surface area is 109 Å². The molecule has 1 heterocycles. The van der Waals surface area contributed by atoms with Crippen molar-refractivity contribution in [1.29, 1.82) is 5.26 Å². The molecule has 5 nitrogen and oxygen atoms in total. The molecular formula is C12H11ClN4O. The molecule has 0 unspecified atom stereocenters. The summed E-state index contributed by atoms with van der Waals surface area (Å²) in [6.45, 7) is 2.20. The van der Waals surface area contributed by atoms with Crippen molar-refractivity contribution in [2.45, 2.75) is 20.0 Å². The fraction of sp³-hybridized carbons (Fsp3) is 0.250. The molecule has 2 rings (SSSR count). The lowest BCUT2D eigenvalue weighted by Crippen LogP contribution is -1.99. The highest BCUT2D eigenvalue weighted by atomic mass is 35.5. The van der Waals surface area contributed by atoms with E-state index in [2.05, 4.69) is 15.2 Å². The van der Waals surface area contributed by atoms with Crippen LogP contribution in [0, 0.1) is 11.3 Å². The van der Waals surface area contributed by atoms with E-state index < -0.39 is 0 Å². The Kier molecular flexibility index (Phi) is 3.80. The zero-order valence-corrected chi connectivity index (χ0v) is 10.5. The highest BCUT2D eigenvalue weighted by molar-refractivity contribution is 6.31. The molecule has 0 radical (unpaired) electrons. The number of nitrogens with zero attached hydrogens (tertiary/aromatic N) is 3. The van der Waals surface area contributed by atoms with E-state index in [1.165, 1.54) is 0 Å². The Morgan fingerprint density at radius 1 is 1.50 bits per heavy atom. The van der Waals surface area contributed by atoms with Gasteiger partial charge in [0.05, 0.1) is 5.02 Å². The number of hydrogen-bond acceptors (Lipinski definition) is 4. The zero-order chi connectivity index (χ0) is 13.0. The number of aryl methyl sites for hydroxylation is 1. The maximum Gasteiger partial charge on any atom is 0.162 e. The van der Waals surface area contributed by atoms with Crippen molar-refractivity contribution in [2.75, 3.05) is 0 Å². The molecule has 1 aromatic heterocycles. The first-order chi connectivity index (χ1) is 8.74. The molecule has 0 saturated carbocycles. The maximum absolute atomic E-state index is 8.99. The zero-order valence-electron chi connectivity index (χ0n) is 9.77. The molecule has 0 fully saturated rings. The lowest BCUT2D eigenvalue weighted by atomic mass is 10.2. The molecule has 0 atom stereocenters. The summed E-state index contributed by atoms with van der Waals surface area (Å²) in [5.74, 6) is 1.80. The van der Waals surface area contributed by atoms with Gasteiger partial charge in [-0.2, -0.15) is 10.4 Å². The molecule has 0 aliphatic carbocycles. The molecule has 1 aromatic carbocycles. The molecule has 92 valence electrons. The SMILES string of the molecule is CCc1n[nH]c(COc2cccc(Cl)c2C#N)n1. The van der Waals surface area contributed by atoms with Crippen LogP contribution in [0.15, 0.2) is 18.2 Å². The van der Waals surface area contributed by atoms with Gasteiger partial charge in [-0.25, -0.2) is 4.98 Å². The summed E-state index contributed by atoms with van der Waals surface area (Å²) in [6.07, 6.45) is 0.761. The summed E-state index contributed by atoms with van der Waals surface area (Å²) in [5.41, 5.74) is 0.328. The largest absolute Gasteiger partial charge is 0.484 e. The molecule has 0 aliphatic rings. The number of rotatable bonds is 4. The van der Waals surface area contributed by atoms with Crippen molar-refractivity contribution < 1.29 is 4.74 Å². The van der Waals surface area contributed by atoms with Crippen LogP contribution in [-0.4, -0.2) is 15.2 Å². The van der Waals surface area contributed by atoms with Gasteiger partial charge in [0.15, 0.2) is 11.6 Å². The van der Waals surface area contributed by atoms with Crippen LogP contribution >= 0.6 is 11.6 Å². The van der Waals surface area contributed by atoms with Gasteiger partial charge in [-0.05, 0) is 12.1 Å².